The number of rotatable bonds is 5. The monoisotopic (exact) mass is 423 g/mol. The summed E-state index contributed by atoms with van der Waals surface area (Å²) in [6, 6.07) is 8.50. The fourth-order valence-corrected chi connectivity index (χ4v) is 4.40. The molecule has 1 atom stereocenters. The van der Waals surface area contributed by atoms with Crippen molar-refractivity contribution < 1.29 is 9.53 Å². The molecule has 0 spiro atoms. The Kier molecular flexibility index (Phi) is 6.17. The third kappa shape index (κ3) is 4.26. The zero-order chi connectivity index (χ0) is 17.8. The van der Waals surface area contributed by atoms with Crippen molar-refractivity contribution in [2.75, 3.05) is 7.11 Å². The molecule has 1 aliphatic carbocycles. The highest BCUT2D eigenvalue weighted by Gasteiger charge is 2.26. The van der Waals surface area contributed by atoms with Gasteiger partial charge in [-0.25, -0.2) is 0 Å². The maximum Gasteiger partial charge on any atom is 0.318 e. The van der Waals surface area contributed by atoms with Crippen molar-refractivity contribution in [3.63, 3.8) is 0 Å². The first kappa shape index (κ1) is 18.5. The fraction of sp³-hybridized carbons (Fsp3) is 0.500. The molecule has 7 heteroatoms. The van der Waals surface area contributed by atoms with E-state index in [0.29, 0.717) is 6.04 Å². The van der Waals surface area contributed by atoms with Crippen LogP contribution >= 0.6 is 27.7 Å². The number of hydrogen-bond acceptors (Lipinski definition) is 5. The van der Waals surface area contributed by atoms with Crippen molar-refractivity contribution in [2.45, 2.75) is 55.5 Å². The zero-order valence-corrected chi connectivity index (χ0v) is 16.8. The van der Waals surface area contributed by atoms with E-state index in [2.05, 4.69) is 30.7 Å². The molecule has 2 aromatic rings. The Balaban J connectivity index is 1.97. The molecule has 1 aliphatic rings. The predicted molar refractivity (Wildman–Crippen MR) is 103 cm³/mol. The number of carbonyl (C=O) groups is 1. The number of esters is 1. The second kappa shape index (κ2) is 8.36. The Labute approximate surface area is 160 Å². The summed E-state index contributed by atoms with van der Waals surface area (Å²) in [5.41, 5.74) is 1.04. The van der Waals surface area contributed by atoms with Crippen LogP contribution in [0.4, 0.5) is 0 Å². The van der Waals surface area contributed by atoms with Crippen LogP contribution in [-0.4, -0.2) is 33.1 Å². The quantitative estimate of drug-likeness (QED) is 0.507. The van der Waals surface area contributed by atoms with Crippen LogP contribution in [0.2, 0.25) is 0 Å². The van der Waals surface area contributed by atoms with E-state index in [1.165, 1.54) is 38.1 Å². The largest absolute Gasteiger partial charge is 0.468 e. The van der Waals surface area contributed by atoms with Crippen LogP contribution in [0.3, 0.4) is 0 Å². The SMILES string of the molecule is COC(=O)C(C)Sc1nnc(-c2ccc(Br)cc2)n1C1CCCCC1. The summed E-state index contributed by atoms with van der Waals surface area (Å²) in [4.78, 5) is 11.8. The lowest BCUT2D eigenvalue weighted by Crippen LogP contribution is -2.18. The Morgan fingerprint density at radius 3 is 2.56 bits per heavy atom. The van der Waals surface area contributed by atoms with E-state index < -0.39 is 0 Å². The van der Waals surface area contributed by atoms with Crippen LogP contribution in [0.15, 0.2) is 33.9 Å². The van der Waals surface area contributed by atoms with Crippen molar-refractivity contribution in [1.82, 2.24) is 14.8 Å². The molecule has 1 unspecified atom stereocenters. The number of benzene rings is 1. The highest BCUT2D eigenvalue weighted by Crippen LogP contribution is 2.36. The second-order valence-corrected chi connectivity index (χ2v) is 8.48. The topological polar surface area (TPSA) is 57.0 Å². The highest BCUT2D eigenvalue weighted by molar-refractivity contribution is 9.10. The summed E-state index contributed by atoms with van der Waals surface area (Å²) in [6.07, 6.45) is 5.98. The second-order valence-electron chi connectivity index (χ2n) is 6.26. The van der Waals surface area contributed by atoms with Gasteiger partial charge in [-0.2, -0.15) is 0 Å². The Hall–Kier alpha value is -1.34. The van der Waals surface area contributed by atoms with Gasteiger partial charge in [-0.3, -0.25) is 9.36 Å². The molecule has 0 bridgehead atoms. The minimum atomic E-state index is -0.311. The number of methoxy groups -OCH3 is 1. The molecule has 0 amide bonds. The van der Waals surface area contributed by atoms with E-state index >= 15 is 0 Å². The Morgan fingerprint density at radius 1 is 1.24 bits per heavy atom. The van der Waals surface area contributed by atoms with Gasteiger partial charge in [0.25, 0.3) is 0 Å². The van der Waals surface area contributed by atoms with Gasteiger partial charge < -0.3 is 4.74 Å². The van der Waals surface area contributed by atoms with Gasteiger partial charge in [0, 0.05) is 16.1 Å². The molecule has 1 fully saturated rings. The molecule has 1 saturated carbocycles. The van der Waals surface area contributed by atoms with Gasteiger partial charge in [-0.15, -0.1) is 10.2 Å². The normalized spacial score (nSPS) is 16.6. The highest BCUT2D eigenvalue weighted by atomic mass is 79.9. The van der Waals surface area contributed by atoms with E-state index in [0.717, 1.165) is 33.9 Å². The van der Waals surface area contributed by atoms with E-state index in [1.807, 2.05) is 31.2 Å². The number of nitrogens with zero attached hydrogens (tertiary/aromatic N) is 3. The first-order valence-corrected chi connectivity index (χ1v) is 10.2. The smallest absolute Gasteiger partial charge is 0.318 e. The fourth-order valence-electron chi connectivity index (χ4n) is 3.19. The van der Waals surface area contributed by atoms with Gasteiger partial charge in [0.1, 0.15) is 5.25 Å². The van der Waals surface area contributed by atoms with Gasteiger partial charge in [-0.1, -0.05) is 59.1 Å². The molecule has 3 rings (SSSR count). The summed E-state index contributed by atoms with van der Waals surface area (Å²) in [6.45, 7) is 1.84. The van der Waals surface area contributed by atoms with E-state index in [1.54, 1.807) is 0 Å². The summed E-state index contributed by atoms with van der Waals surface area (Å²) < 4.78 is 8.12. The van der Waals surface area contributed by atoms with Crippen LogP contribution in [0.5, 0.6) is 0 Å². The summed E-state index contributed by atoms with van der Waals surface area (Å²) >= 11 is 4.90. The number of thioether (sulfide) groups is 1. The van der Waals surface area contributed by atoms with Crippen molar-refractivity contribution in [3.8, 4) is 11.4 Å². The van der Waals surface area contributed by atoms with E-state index in [-0.39, 0.29) is 11.2 Å². The maximum atomic E-state index is 11.8. The molecule has 0 aliphatic heterocycles. The van der Waals surface area contributed by atoms with Gasteiger partial charge >= 0.3 is 5.97 Å². The molecule has 0 saturated heterocycles. The minimum Gasteiger partial charge on any atom is -0.468 e. The first-order chi connectivity index (χ1) is 12.1. The van der Waals surface area contributed by atoms with Crippen LogP contribution < -0.4 is 0 Å². The lowest BCUT2D eigenvalue weighted by atomic mass is 9.95. The molecule has 1 heterocycles. The van der Waals surface area contributed by atoms with Crippen molar-refractivity contribution >= 4 is 33.7 Å². The van der Waals surface area contributed by atoms with Gasteiger partial charge in [-0.05, 0) is 31.9 Å². The molecular formula is C18H22BrN3O2S. The number of carbonyl (C=O) groups excluding carboxylic acids is 1. The van der Waals surface area contributed by atoms with Gasteiger partial charge in [0.05, 0.1) is 7.11 Å². The van der Waals surface area contributed by atoms with Crippen molar-refractivity contribution in [2.24, 2.45) is 0 Å². The van der Waals surface area contributed by atoms with Crippen LogP contribution in [0.25, 0.3) is 11.4 Å². The number of ether oxygens (including phenoxy) is 1. The molecule has 5 nitrogen and oxygen atoms in total. The molecule has 0 radical (unpaired) electrons. The summed E-state index contributed by atoms with van der Waals surface area (Å²) in [5.74, 6) is 0.632. The molecule has 25 heavy (non-hydrogen) atoms. The Bertz CT molecular complexity index is 726. The van der Waals surface area contributed by atoms with E-state index in [9.17, 15) is 4.79 Å². The minimum absolute atomic E-state index is 0.242. The first-order valence-electron chi connectivity index (χ1n) is 8.55. The Morgan fingerprint density at radius 2 is 1.92 bits per heavy atom. The third-order valence-corrected chi connectivity index (χ3v) is 6.09. The number of hydrogen-bond donors (Lipinski definition) is 0. The molecule has 134 valence electrons. The third-order valence-electron chi connectivity index (χ3n) is 4.52. The molecular weight excluding hydrogens is 402 g/mol. The molecule has 0 N–H and O–H groups in total. The summed E-state index contributed by atoms with van der Waals surface area (Å²) in [7, 11) is 1.42. The standard InChI is InChI=1S/C18H22BrN3O2S/c1-12(17(23)24-2)25-18-21-20-16(13-8-10-14(19)11-9-13)22(18)15-6-4-3-5-7-15/h8-12,15H,3-7H2,1-2H3. The predicted octanol–water partition coefficient (Wildman–Crippen LogP) is 4.87. The van der Waals surface area contributed by atoms with Crippen LogP contribution in [-0.2, 0) is 9.53 Å². The van der Waals surface area contributed by atoms with Crippen molar-refractivity contribution in [1.29, 1.82) is 0 Å². The van der Waals surface area contributed by atoms with Crippen LogP contribution in [0.1, 0.15) is 45.1 Å². The molecule has 1 aromatic carbocycles. The maximum absolute atomic E-state index is 11.8. The van der Waals surface area contributed by atoms with Crippen LogP contribution in [0, 0.1) is 0 Å². The number of halogens is 1. The lowest BCUT2D eigenvalue weighted by Gasteiger charge is -2.26. The zero-order valence-electron chi connectivity index (χ0n) is 14.4. The summed E-state index contributed by atoms with van der Waals surface area (Å²) in [5, 5.41) is 9.34. The average molecular weight is 424 g/mol. The molecule has 1 aromatic heterocycles. The number of aromatic nitrogens is 3. The lowest BCUT2D eigenvalue weighted by molar-refractivity contribution is -0.139. The van der Waals surface area contributed by atoms with Gasteiger partial charge in [0.15, 0.2) is 11.0 Å². The van der Waals surface area contributed by atoms with Crippen molar-refractivity contribution in [3.05, 3.63) is 28.7 Å². The van der Waals surface area contributed by atoms with E-state index in [4.69, 9.17) is 4.74 Å². The average Bonchev–Trinajstić information content (AvgIpc) is 3.05. The van der Waals surface area contributed by atoms with Gasteiger partial charge in [0.2, 0.25) is 0 Å².